The van der Waals surface area contributed by atoms with Gasteiger partial charge in [-0.1, -0.05) is 12.1 Å². The largest absolute Gasteiger partial charge is 0.416 e. The molecule has 0 aliphatic carbocycles. The van der Waals surface area contributed by atoms with Crippen molar-refractivity contribution < 1.29 is 32.6 Å². The molecule has 1 aromatic carbocycles. The summed E-state index contributed by atoms with van der Waals surface area (Å²) in [5, 5.41) is 20.4. The number of hydrogen-bond acceptors (Lipinski definition) is 6. The van der Waals surface area contributed by atoms with E-state index in [-0.39, 0.29) is 49.7 Å². The number of alkyl halides is 3. The minimum Gasteiger partial charge on any atom is -0.394 e. The van der Waals surface area contributed by atoms with Crippen molar-refractivity contribution in [2.24, 2.45) is 5.92 Å². The van der Waals surface area contributed by atoms with E-state index in [1.807, 2.05) is 6.92 Å². The maximum absolute atomic E-state index is 12.9. The number of aromatic nitrogens is 3. The summed E-state index contributed by atoms with van der Waals surface area (Å²) in [6.45, 7) is 4.59. The Kier molecular flexibility index (Phi) is 9.49. The fourth-order valence-corrected chi connectivity index (χ4v) is 4.01. The number of aliphatic hydroxyl groups is 1. The van der Waals surface area contributed by atoms with Gasteiger partial charge in [-0.05, 0) is 37.6 Å². The smallest absolute Gasteiger partial charge is 0.394 e. The molecule has 0 spiro atoms. The van der Waals surface area contributed by atoms with Crippen LogP contribution in [-0.4, -0.2) is 80.7 Å². The quantitative estimate of drug-likeness (QED) is 0.620. The van der Waals surface area contributed by atoms with Crippen LogP contribution in [0.15, 0.2) is 30.5 Å². The molecular formula is C24H33F3N6O4. The third-order valence-electron chi connectivity index (χ3n) is 6.31. The fourth-order valence-electron chi connectivity index (χ4n) is 4.01. The molecule has 0 saturated carbocycles. The molecule has 10 nitrogen and oxygen atoms in total. The standard InChI is InChI=1S/C24H33F3N6O4/c1-16-11-33(17(2)14-34)22(35)5-4-10-32-12-20(29-30-32)15-37-21(16)13-31(3)23(36)28-19-8-6-18(7-9-19)24(25,26)27/h6-9,12,16-17,21,34H,4-5,10-11,13-15H2,1-3H3,(H,28,36)/t16-,17+,21-/m1/s1. The predicted octanol–water partition coefficient (Wildman–Crippen LogP) is 2.99. The molecule has 0 radical (unpaired) electrons. The van der Waals surface area contributed by atoms with Crippen LogP contribution in [0.4, 0.5) is 23.7 Å². The second-order valence-electron chi connectivity index (χ2n) is 9.37. The van der Waals surface area contributed by atoms with Gasteiger partial charge in [0.05, 0.1) is 37.1 Å². The van der Waals surface area contributed by atoms with E-state index in [1.54, 1.807) is 29.7 Å². The molecular weight excluding hydrogens is 493 g/mol. The van der Waals surface area contributed by atoms with Crippen molar-refractivity contribution in [2.45, 2.75) is 58.2 Å². The van der Waals surface area contributed by atoms with Crippen LogP contribution >= 0.6 is 0 Å². The SMILES string of the molecule is C[C@@H]1CN([C@@H](C)CO)C(=O)CCCn2cc(nn2)CO[C@@H]1CN(C)C(=O)Nc1ccc(C(F)(F)F)cc1. The highest BCUT2D eigenvalue weighted by Gasteiger charge is 2.31. The lowest BCUT2D eigenvalue weighted by Gasteiger charge is -2.35. The molecule has 1 aromatic heterocycles. The summed E-state index contributed by atoms with van der Waals surface area (Å²) >= 11 is 0. The molecule has 1 aliphatic rings. The Morgan fingerprint density at radius 1 is 1.32 bits per heavy atom. The van der Waals surface area contributed by atoms with Crippen molar-refractivity contribution in [3.63, 3.8) is 0 Å². The molecule has 3 atom stereocenters. The number of aryl methyl sites for hydroxylation is 1. The first-order valence-electron chi connectivity index (χ1n) is 12.1. The van der Waals surface area contributed by atoms with Crippen molar-refractivity contribution in [1.29, 1.82) is 0 Å². The number of benzene rings is 1. The van der Waals surface area contributed by atoms with Crippen molar-refractivity contribution >= 4 is 17.6 Å². The Morgan fingerprint density at radius 3 is 2.68 bits per heavy atom. The average Bonchev–Trinajstić information content (AvgIpc) is 3.31. The van der Waals surface area contributed by atoms with E-state index in [4.69, 9.17) is 4.74 Å². The lowest BCUT2D eigenvalue weighted by molar-refractivity contribution is -0.137. The minimum absolute atomic E-state index is 0.0971. The summed E-state index contributed by atoms with van der Waals surface area (Å²) in [6.07, 6.45) is -2.38. The van der Waals surface area contributed by atoms with E-state index in [0.29, 0.717) is 25.2 Å². The topological polar surface area (TPSA) is 113 Å². The van der Waals surface area contributed by atoms with Gasteiger partial charge in [0, 0.05) is 44.7 Å². The highest BCUT2D eigenvalue weighted by atomic mass is 19.4. The first-order valence-corrected chi connectivity index (χ1v) is 12.1. The van der Waals surface area contributed by atoms with Gasteiger partial charge in [-0.25, -0.2) is 4.79 Å². The Labute approximate surface area is 213 Å². The molecule has 0 fully saturated rings. The number of nitrogens with zero attached hydrogens (tertiary/aromatic N) is 5. The van der Waals surface area contributed by atoms with Gasteiger partial charge in [0.1, 0.15) is 5.69 Å². The number of likely N-dealkylation sites (N-methyl/N-ethyl adjacent to an activating group) is 1. The third kappa shape index (κ3) is 7.89. The van der Waals surface area contributed by atoms with Crippen LogP contribution in [0.5, 0.6) is 0 Å². The van der Waals surface area contributed by atoms with Gasteiger partial charge in [-0.15, -0.1) is 5.10 Å². The number of hydrogen-bond donors (Lipinski definition) is 2. The number of nitrogens with one attached hydrogen (secondary N) is 1. The van der Waals surface area contributed by atoms with E-state index in [1.165, 1.54) is 17.0 Å². The van der Waals surface area contributed by atoms with Crippen LogP contribution in [0.3, 0.4) is 0 Å². The molecule has 2 heterocycles. The Balaban J connectivity index is 1.73. The number of ether oxygens (including phenoxy) is 1. The highest BCUT2D eigenvalue weighted by Crippen LogP contribution is 2.30. The maximum atomic E-state index is 12.9. The normalized spacial score (nSPS) is 20.4. The molecule has 2 aromatic rings. The molecule has 204 valence electrons. The summed E-state index contributed by atoms with van der Waals surface area (Å²) in [4.78, 5) is 28.7. The molecule has 13 heteroatoms. The molecule has 37 heavy (non-hydrogen) atoms. The fraction of sp³-hybridized carbons (Fsp3) is 0.583. The monoisotopic (exact) mass is 526 g/mol. The average molecular weight is 527 g/mol. The number of carbonyl (C=O) groups excluding carboxylic acids is 2. The Morgan fingerprint density at radius 2 is 2.03 bits per heavy atom. The predicted molar refractivity (Wildman–Crippen MR) is 128 cm³/mol. The number of amides is 3. The maximum Gasteiger partial charge on any atom is 0.416 e. The third-order valence-corrected chi connectivity index (χ3v) is 6.31. The van der Waals surface area contributed by atoms with Gasteiger partial charge in [0.25, 0.3) is 0 Å². The number of aliphatic hydroxyl groups excluding tert-OH is 1. The van der Waals surface area contributed by atoms with Crippen LogP contribution in [0.1, 0.15) is 37.9 Å². The zero-order chi connectivity index (χ0) is 27.2. The van der Waals surface area contributed by atoms with Gasteiger partial charge in [-0.2, -0.15) is 13.2 Å². The van der Waals surface area contributed by atoms with Gasteiger partial charge in [0.15, 0.2) is 0 Å². The number of halogens is 3. The van der Waals surface area contributed by atoms with E-state index in [2.05, 4.69) is 15.6 Å². The van der Waals surface area contributed by atoms with Crippen molar-refractivity contribution in [3.8, 4) is 0 Å². The molecule has 3 rings (SSSR count). The van der Waals surface area contributed by atoms with Crippen LogP contribution in [0.2, 0.25) is 0 Å². The van der Waals surface area contributed by atoms with E-state index < -0.39 is 23.9 Å². The zero-order valence-electron chi connectivity index (χ0n) is 21.1. The first-order chi connectivity index (χ1) is 17.5. The Hall–Kier alpha value is -3.19. The van der Waals surface area contributed by atoms with E-state index in [9.17, 15) is 27.9 Å². The molecule has 0 saturated heterocycles. The molecule has 2 bridgehead atoms. The number of urea groups is 1. The summed E-state index contributed by atoms with van der Waals surface area (Å²) in [5.74, 6) is -0.324. The summed E-state index contributed by atoms with van der Waals surface area (Å²) in [6, 6.07) is 3.26. The van der Waals surface area contributed by atoms with Crippen LogP contribution < -0.4 is 5.32 Å². The van der Waals surface area contributed by atoms with Crippen LogP contribution in [0, 0.1) is 5.92 Å². The van der Waals surface area contributed by atoms with Gasteiger partial charge < -0.3 is 25.0 Å². The molecule has 2 N–H and O–H groups in total. The minimum atomic E-state index is -4.46. The van der Waals surface area contributed by atoms with Crippen molar-refractivity contribution in [3.05, 3.63) is 41.7 Å². The van der Waals surface area contributed by atoms with E-state index >= 15 is 0 Å². The lowest BCUT2D eigenvalue weighted by Crippen LogP contribution is -2.48. The van der Waals surface area contributed by atoms with Gasteiger partial charge in [0.2, 0.25) is 5.91 Å². The number of rotatable bonds is 5. The van der Waals surface area contributed by atoms with Crippen LogP contribution in [0.25, 0.3) is 0 Å². The zero-order valence-corrected chi connectivity index (χ0v) is 21.1. The van der Waals surface area contributed by atoms with E-state index in [0.717, 1.165) is 12.1 Å². The van der Waals surface area contributed by atoms with Gasteiger partial charge >= 0.3 is 12.2 Å². The highest BCUT2D eigenvalue weighted by molar-refractivity contribution is 5.89. The summed E-state index contributed by atoms with van der Waals surface area (Å²) in [7, 11) is 1.55. The van der Waals surface area contributed by atoms with Crippen molar-refractivity contribution in [1.82, 2.24) is 24.8 Å². The molecule has 1 aliphatic heterocycles. The lowest BCUT2D eigenvalue weighted by atomic mass is 10.0. The molecule has 0 unspecified atom stereocenters. The summed E-state index contributed by atoms with van der Waals surface area (Å²) in [5.41, 5.74) is 0.0253. The second-order valence-corrected chi connectivity index (χ2v) is 9.37. The van der Waals surface area contributed by atoms with Crippen LogP contribution in [-0.2, 0) is 28.9 Å². The number of carbonyl (C=O) groups is 2. The van der Waals surface area contributed by atoms with Gasteiger partial charge in [-0.3, -0.25) is 9.48 Å². The Bertz CT molecular complexity index is 1050. The number of fused-ring (bicyclic) bond motifs is 2. The second kappa shape index (κ2) is 12.4. The molecule has 3 amide bonds. The first kappa shape index (κ1) is 28.4. The summed E-state index contributed by atoms with van der Waals surface area (Å²) < 4.78 is 46.2. The van der Waals surface area contributed by atoms with Crippen molar-refractivity contribution in [2.75, 3.05) is 32.1 Å². The number of anilines is 1.